The van der Waals surface area contributed by atoms with Gasteiger partial charge in [0.25, 0.3) is 0 Å². The highest BCUT2D eigenvalue weighted by Gasteiger charge is 2.02. The van der Waals surface area contributed by atoms with E-state index >= 15 is 0 Å². The molecule has 0 saturated carbocycles. The molecule has 0 spiro atoms. The summed E-state index contributed by atoms with van der Waals surface area (Å²) in [5.74, 6) is 1.10. The molecule has 2 aromatic rings. The summed E-state index contributed by atoms with van der Waals surface area (Å²) in [6.45, 7) is 0.760. The number of hydrogen-bond acceptors (Lipinski definition) is 5. The number of nitrogens with zero attached hydrogens (tertiary/aromatic N) is 4. The maximum Gasteiger partial charge on any atom is 0.197 e. The quantitative estimate of drug-likeness (QED) is 0.790. The lowest BCUT2D eigenvalue weighted by molar-refractivity contribution is 0.806. The molecule has 76 valence electrons. The summed E-state index contributed by atoms with van der Waals surface area (Å²) < 4.78 is 0. The third kappa shape index (κ3) is 2.32. The molecule has 0 amide bonds. The Morgan fingerprint density at radius 3 is 2.20 bits per heavy atom. The van der Waals surface area contributed by atoms with Crippen LogP contribution in [0.3, 0.4) is 0 Å². The van der Waals surface area contributed by atoms with Crippen LogP contribution in [0.15, 0.2) is 30.9 Å². The predicted molar refractivity (Wildman–Crippen MR) is 55.8 cm³/mol. The van der Waals surface area contributed by atoms with Gasteiger partial charge in [0.15, 0.2) is 11.6 Å². The standard InChI is InChI=1S/C10H11N5/c1-11-5-8-6-14-10(15-7-8)9-12-3-2-4-13-9/h2-4,6-7,11H,5H2,1H3. The molecular weight excluding hydrogens is 190 g/mol. The molecule has 2 heterocycles. The molecule has 0 radical (unpaired) electrons. The molecule has 5 nitrogen and oxygen atoms in total. The number of rotatable bonds is 3. The lowest BCUT2D eigenvalue weighted by Crippen LogP contribution is -2.06. The molecular formula is C10H11N5. The highest BCUT2D eigenvalue weighted by molar-refractivity contribution is 5.41. The van der Waals surface area contributed by atoms with Crippen LogP contribution in [0.25, 0.3) is 11.6 Å². The Morgan fingerprint density at radius 2 is 1.60 bits per heavy atom. The highest BCUT2D eigenvalue weighted by atomic mass is 15.0. The van der Waals surface area contributed by atoms with Gasteiger partial charge in [0.05, 0.1) is 0 Å². The first-order valence-electron chi connectivity index (χ1n) is 4.63. The van der Waals surface area contributed by atoms with Gasteiger partial charge in [-0.3, -0.25) is 0 Å². The van der Waals surface area contributed by atoms with E-state index in [0.717, 1.165) is 12.1 Å². The Morgan fingerprint density at radius 1 is 1.00 bits per heavy atom. The molecule has 0 aromatic carbocycles. The van der Waals surface area contributed by atoms with Crippen LogP contribution in [0.1, 0.15) is 5.56 Å². The molecule has 1 N–H and O–H groups in total. The van der Waals surface area contributed by atoms with Gasteiger partial charge in [-0.25, -0.2) is 19.9 Å². The summed E-state index contributed by atoms with van der Waals surface area (Å²) in [7, 11) is 1.88. The molecule has 0 aliphatic rings. The van der Waals surface area contributed by atoms with Crippen molar-refractivity contribution in [2.24, 2.45) is 0 Å². The third-order valence-corrected chi connectivity index (χ3v) is 1.85. The predicted octanol–water partition coefficient (Wildman–Crippen LogP) is 0.653. The van der Waals surface area contributed by atoms with Crippen LogP contribution in [-0.4, -0.2) is 27.0 Å². The van der Waals surface area contributed by atoms with E-state index in [2.05, 4.69) is 25.3 Å². The summed E-state index contributed by atoms with van der Waals surface area (Å²) in [6.07, 6.45) is 6.89. The molecule has 0 unspecified atom stereocenters. The minimum absolute atomic E-state index is 0.550. The van der Waals surface area contributed by atoms with E-state index < -0.39 is 0 Å². The average molecular weight is 201 g/mol. The Balaban J connectivity index is 2.24. The average Bonchev–Trinajstić information content (AvgIpc) is 2.32. The maximum absolute atomic E-state index is 4.19. The highest BCUT2D eigenvalue weighted by Crippen LogP contribution is 2.06. The second-order valence-electron chi connectivity index (χ2n) is 3.02. The van der Waals surface area contributed by atoms with Crippen molar-refractivity contribution in [2.45, 2.75) is 6.54 Å². The Hall–Kier alpha value is -1.88. The number of hydrogen-bond donors (Lipinski definition) is 1. The van der Waals surface area contributed by atoms with Crippen LogP contribution in [0, 0.1) is 0 Å². The summed E-state index contributed by atoms with van der Waals surface area (Å²) in [6, 6.07) is 1.76. The van der Waals surface area contributed by atoms with Crippen LogP contribution in [0.5, 0.6) is 0 Å². The van der Waals surface area contributed by atoms with Gasteiger partial charge in [-0.2, -0.15) is 0 Å². The molecule has 0 saturated heterocycles. The van der Waals surface area contributed by atoms with Gasteiger partial charge in [0.2, 0.25) is 0 Å². The van der Waals surface area contributed by atoms with E-state index in [1.165, 1.54) is 0 Å². The van der Waals surface area contributed by atoms with Crippen molar-refractivity contribution in [3.63, 3.8) is 0 Å². The first kappa shape index (κ1) is 9.67. The third-order valence-electron chi connectivity index (χ3n) is 1.85. The molecule has 0 aliphatic carbocycles. The molecule has 0 atom stereocenters. The summed E-state index contributed by atoms with van der Waals surface area (Å²) >= 11 is 0. The van der Waals surface area contributed by atoms with Crippen molar-refractivity contribution >= 4 is 0 Å². The summed E-state index contributed by atoms with van der Waals surface area (Å²) in [5.41, 5.74) is 1.04. The van der Waals surface area contributed by atoms with Gasteiger partial charge in [0, 0.05) is 36.9 Å². The molecule has 0 aliphatic heterocycles. The van der Waals surface area contributed by atoms with Crippen LogP contribution in [0.2, 0.25) is 0 Å². The van der Waals surface area contributed by atoms with Crippen molar-refractivity contribution in [3.8, 4) is 11.6 Å². The smallest absolute Gasteiger partial charge is 0.197 e. The zero-order valence-electron chi connectivity index (χ0n) is 8.38. The first-order valence-corrected chi connectivity index (χ1v) is 4.63. The Bertz CT molecular complexity index is 412. The molecule has 2 rings (SSSR count). The summed E-state index contributed by atoms with van der Waals surface area (Å²) in [4.78, 5) is 16.5. The molecule has 0 bridgehead atoms. The fourth-order valence-electron chi connectivity index (χ4n) is 1.18. The van der Waals surface area contributed by atoms with E-state index in [1.54, 1.807) is 30.9 Å². The first-order chi connectivity index (χ1) is 7.40. The number of nitrogens with one attached hydrogen (secondary N) is 1. The van der Waals surface area contributed by atoms with Crippen LogP contribution < -0.4 is 5.32 Å². The van der Waals surface area contributed by atoms with Crippen molar-refractivity contribution in [2.75, 3.05) is 7.05 Å². The van der Waals surface area contributed by atoms with Gasteiger partial charge in [-0.05, 0) is 13.1 Å². The van der Waals surface area contributed by atoms with Gasteiger partial charge in [-0.1, -0.05) is 0 Å². The van der Waals surface area contributed by atoms with Crippen LogP contribution >= 0.6 is 0 Å². The van der Waals surface area contributed by atoms with Crippen molar-refractivity contribution in [3.05, 3.63) is 36.4 Å². The second kappa shape index (κ2) is 4.56. The van der Waals surface area contributed by atoms with Gasteiger partial charge >= 0.3 is 0 Å². The zero-order valence-corrected chi connectivity index (χ0v) is 8.38. The monoisotopic (exact) mass is 201 g/mol. The SMILES string of the molecule is CNCc1cnc(-c2ncccn2)nc1. The van der Waals surface area contributed by atoms with E-state index in [0.29, 0.717) is 11.6 Å². The van der Waals surface area contributed by atoms with Crippen molar-refractivity contribution < 1.29 is 0 Å². The van der Waals surface area contributed by atoms with Gasteiger partial charge < -0.3 is 5.32 Å². The van der Waals surface area contributed by atoms with E-state index in [9.17, 15) is 0 Å². The fraction of sp³-hybridized carbons (Fsp3) is 0.200. The van der Waals surface area contributed by atoms with Crippen molar-refractivity contribution in [1.29, 1.82) is 0 Å². The molecule has 0 fully saturated rings. The lowest BCUT2D eigenvalue weighted by atomic mass is 10.3. The second-order valence-corrected chi connectivity index (χ2v) is 3.02. The lowest BCUT2D eigenvalue weighted by Gasteiger charge is -2.00. The van der Waals surface area contributed by atoms with Gasteiger partial charge in [-0.15, -0.1) is 0 Å². The maximum atomic E-state index is 4.19. The topological polar surface area (TPSA) is 63.6 Å². The molecule has 15 heavy (non-hydrogen) atoms. The summed E-state index contributed by atoms with van der Waals surface area (Å²) in [5, 5.41) is 3.03. The minimum atomic E-state index is 0.550. The minimum Gasteiger partial charge on any atom is -0.316 e. The zero-order chi connectivity index (χ0) is 10.5. The fourth-order valence-corrected chi connectivity index (χ4v) is 1.18. The molecule has 5 heteroatoms. The number of aromatic nitrogens is 4. The Labute approximate surface area is 87.6 Å². The van der Waals surface area contributed by atoms with E-state index in [4.69, 9.17) is 0 Å². The normalized spacial score (nSPS) is 10.2. The van der Waals surface area contributed by atoms with E-state index in [1.807, 2.05) is 7.05 Å². The van der Waals surface area contributed by atoms with Crippen LogP contribution in [-0.2, 0) is 6.54 Å². The largest absolute Gasteiger partial charge is 0.316 e. The van der Waals surface area contributed by atoms with Gasteiger partial charge in [0.1, 0.15) is 0 Å². The van der Waals surface area contributed by atoms with Crippen molar-refractivity contribution in [1.82, 2.24) is 25.3 Å². The Kier molecular flexibility index (Phi) is 2.94. The molecule has 2 aromatic heterocycles. The van der Waals surface area contributed by atoms with Crippen LogP contribution in [0.4, 0.5) is 0 Å². The van der Waals surface area contributed by atoms with E-state index in [-0.39, 0.29) is 0 Å².